The normalized spacial score (nSPS) is 11.7. The van der Waals surface area contributed by atoms with Crippen molar-refractivity contribution in [2.45, 2.75) is 39.7 Å². The van der Waals surface area contributed by atoms with Crippen LogP contribution in [0.1, 0.15) is 48.2 Å². The number of carbonyl (C=O) groups is 2. The lowest BCUT2D eigenvalue weighted by molar-refractivity contribution is -0.384. The van der Waals surface area contributed by atoms with Gasteiger partial charge < -0.3 is 14.8 Å². The first-order valence-electron chi connectivity index (χ1n) is 9.09. The number of esters is 1. The molecule has 2 aromatic carbocycles. The average Bonchev–Trinajstić information content (AvgIpc) is 2.68. The van der Waals surface area contributed by atoms with Crippen LogP contribution in [-0.2, 0) is 9.53 Å². The maximum Gasteiger partial charge on any atom is 0.342 e. The highest BCUT2D eigenvalue weighted by molar-refractivity contribution is 5.99. The molecule has 0 saturated heterocycles. The van der Waals surface area contributed by atoms with E-state index >= 15 is 0 Å². The molecular weight excluding hydrogens is 376 g/mol. The van der Waals surface area contributed by atoms with Crippen LogP contribution in [0.25, 0.3) is 0 Å². The van der Waals surface area contributed by atoms with E-state index in [9.17, 15) is 19.7 Å². The number of carbonyl (C=O) groups excluding carboxylic acids is 2. The molecule has 29 heavy (non-hydrogen) atoms. The number of nitro benzene ring substituents is 1. The van der Waals surface area contributed by atoms with Gasteiger partial charge in [-0.15, -0.1) is 0 Å². The fourth-order valence-electron chi connectivity index (χ4n) is 2.81. The van der Waals surface area contributed by atoms with Crippen molar-refractivity contribution in [3.05, 3.63) is 63.2 Å². The van der Waals surface area contributed by atoms with Gasteiger partial charge >= 0.3 is 5.97 Å². The smallest absolute Gasteiger partial charge is 0.342 e. The van der Waals surface area contributed by atoms with Crippen LogP contribution in [0.15, 0.2) is 36.4 Å². The quantitative estimate of drug-likeness (QED) is 0.423. The number of anilines is 1. The molecule has 0 fully saturated rings. The van der Waals surface area contributed by atoms with Crippen molar-refractivity contribution in [1.82, 2.24) is 0 Å². The lowest BCUT2D eigenvalue weighted by Crippen LogP contribution is -2.30. The second-order valence-electron chi connectivity index (χ2n) is 6.87. The number of nitrogens with one attached hydrogen (secondary N) is 1. The number of aryl methyl sites for hydroxylation is 1. The summed E-state index contributed by atoms with van der Waals surface area (Å²) in [5, 5.41) is 13.8. The number of rotatable bonds is 7. The maximum atomic E-state index is 12.6. The number of hydrogen-bond donors (Lipinski definition) is 1. The van der Waals surface area contributed by atoms with E-state index < -0.39 is 22.9 Å². The lowest BCUT2D eigenvalue weighted by Gasteiger charge is -2.19. The predicted octanol–water partition coefficient (Wildman–Crippen LogP) is 4.22. The first-order valence-corrected chi connectivity index (χ1v) is 9.09. The maximum absolute atomic E-state index is 12.6. The molecular formula is C21H24N2O6. The van der Waals surface area contributed by atoms with Gasteiger partial charge in [-0.1, -0.05) is 32.0 Å². The van der Waals surface area contributed by atoms with Gasteiger partial charge in [-0.05, 0) is 37.0 Å². The third-order valence-corrected chi connectivity index (χ3v) is 4.44. The van der Waals surface area contributed by atoms with E-state index in [0.717, 1.165) is 17.2 Å². The largest absolute Gasteiger partial charge is 0.496 e. The molecule has 0 unspecified atom stereocenters. The molecule has 1 N–H and O–H groups in total. The molecule has 2 aromatic rings. The number of nitrogens with zero attached hydrogens (tertiary/aromatic N) is 1. The Kier molecular flexibility index (Phi) is 6.93. The van der Waals surface area contributed by atoms with Crippen LogP contribution >= 0.6 is 0 Å². The molecule has 0 heterocycles. The summed E-state index contributed by atoms with van der Waals surface area (Å²) in [6.07, 6.45) is -1.12. The van der Waals surface area contributed by atoms with Gasteiger partial charge in [-0.2, -0.15) is 0 Å². The molecule has 0 aliphatic heterocycles. The number of amides is 1. The summed E-state index contributed by atoms with van der Waals surface area (Å²) in [6.45, 7) is 7.35. The van der Waals surface area contributed by atoms with E-state index in [1.54, 1.807) is 0 Å². The van der Waals surface area contributed by atoms with Crippen molar-refractivity contribution in [2.75, 3.05) is 12.4 Å². The Morgan fingerprint density at radius 2 is 1.83 bits per heavy atom. The second-order valence-corrected chi connectivity index (χ2v) is 6.87. The minimum absolute atomic E-state index is 0.120. The van der Waals surface area contributed by atoms with Crippen LogP contribution in [0.3, 0.4) is 0 Å². The lowest BCUT2D eigenvalue weighted by atomic mass is 9.98. The molecule has 0 saturated carbocycles. The highest BCUT2D eigenvalue weighted by atomic mass is 16.6. The SMILES string of the molecule is COc1ccc([N+](=O)[O-])cc1C(=O)O[C@H](C)C(=O)Nc1c(C)cccc1C(C)C. The number of non-ortho nitro benzene ring substituents is 1. The van der Waals surface area contributed by atoms with Crippen LogP contribution in [0, 0.1) is 17.0 Å². The zero-order chi connectivity index (χ0) is 21.7. The summed E-state index contributed by atoms with van der Waals surface area (Å²) >= 11 is 0. The van der Waals surface area contributed by atoms with E-state index in [1.807, 2.05) is 39.0 Å². The number of nitro groups is 1. The van der Waals surface area contributed by atoms with Gasteiger partial charge in [0.15, 0.2) is 6.10 Å². The fourth-order valence-corrected chi connectivity index (χ4v) is 2.81. The molecule has 8 heteroatoms. The minimum atomic E-state index is -1.12. The van der Waals surface area contributed by atoms with Crippen molar-refractivity contribution >= 4 is 23.3 Å². The first kappa shape index (κ1) is 21.9. The number of methoxy groups -OCH3 is 1. The fraction of sp³-hybridized carbons (Fsp3) is 0.333. The zero-order valence-corrected chi connectivity index (χ0v) is 17.0. The highest BCUT2D eigenvalue weighted by Gasteiger charge is 2.24. The topological polar surface area (TPSA) is 108 Å². The van der Waals surface area contributed by atoms with Crippen molar-refractivity contribution in [3.63, 3.8) is 0 Å². The predicted molar refractivity (Wildman–Crippen MR) is 108 cm³/mol. The third kappa shape index (κ3) is 5.10. The first-order chi connectivity index (χ1) is 13.6. The molecule has 154 valence electrons. The summed E-state index contributed by atoms with van der Waals surface area (Å²) in [6, 6.07) is 9.31. The van der Waals surface area contributed by atoms with Gasteiger partial charge in [0.2, 0.25) is 0 Å². The van der Waals surface area contributed by atoms with E-state index in [-0.39, 0.29) is 22.9 Å². The van der Waals surface area contributed by atoms with Gasteiger partial charge in [-0.25, -0.2) is 4.79 Å². The molecule has 0 aliphatic carbocycles. The van der Waals surface area contributed by atoms with Crippen LogP contribution in [0.2, 0.25) is 0 Å². The monoisotopic (exact) mass is 400 g/mol. The standard InChI is InChI=1S/C21H24N2O6/c1-12(2)16-8-6-7-13(3)19(16)22-20(24)14(4)29-21(25)17-11-15(23(26)27)9-10-18(17)28-5/h6-12,14H,1-5H3,(H,22,24)/t14-/m1/s1. The highest BCUT2D eigenvalue weighted by Crippen LogP contribution is 2.28. The van der Waals surface area contributed by atoms with Crippen LogP contribution in [0.4, 0.5) is 11.4 Å². The van der Waals surface area contributed by atoms with Crippen molar-refractivity contribution in [2.24, 2.45) is 0 Å². The Balaban J connectivity index is 2.20. The minimum Gasteiger partial charge on any atom is -0.496 e. The summed E-state index contributed by atoms with van der Waals surface area (Å²) in [5.74, 6) is -1.08. The Labute approximate surface area is 169 Å². The molecule has 8 nitrogen and oxygen atoms in total. The Bertz CT molecular complexity index is 939. The Morgan fingerprint density at radius 3 is 2.41 bits per heavy atom. The van der Waals surface area contributed by atoms with Crippen LogP contribution in [-0.4, -0.2) is 30.0 Å². The van der Waals surface area contributed by atoms with Crippen molar-refractivity contribution in [1.29, 1.82) is 0 Å². The third-order valence-electron chi connectivity index (χ3n) is 4.44. The summed E-state index contributed by atoms with van der Waals surface area (Å²) in [4.78, 5) is 35.5. The van der Waals surface area contributed by atoms with Crippen molar-refractivity contribution in [3.8, 4) is 5.75 Å². The molecule has 2 rings (SSSR count). The van der Waals surface area contributed by atoms with Gasteiger partial charge in [-0.3, -0.25) is 14.9 Å². The van der Waals surface area contributed by atoms with E-state index in [4.69, 9.17) is 9.47 Å². The number of para-hydroxylation sites is 1. The zero-order valence-electron chi connectivity index (χ0n) is 17.0. The number of ether oxygens (including phenoxy) is 2. The molecule has 0 spiro atoms. The summed E-state index contributed by atoms with van der Waals surface area (Å²) in [7, 11) is 1.33. The number of benzene rings is 2. The van der Waals surface area contributed by atoms with Crippen LogP contribution in [0.5, 0.6) is 5.75 Å². The van der Waals surface area contributed by atoms with Gasteiger partial charge in [0, 0.05) is 17.8 Å². The molecule has 0 radical (unpaired) electrons. The Morgan fingerprint density at radius 1 is 1.14 bits per heavy atom. The van der Waals surface area contributed by atoms with E-state index in [2.05, 4.69) is 5.32 Å². The van der Waals surface area contributed by atoms with Crippen LogP contribution < -0.4 is 10.1 Å². The molecule has 0 aromatic heterocycles. The van der Waals surface area contributed by atoms with Gasteiger partial charge in [0.25, 0.3) is 11.6 Å². The number of hydrogen-bond acceptors (Lipinski definition) is 6. The van der Waals surface area contributed by atoms with E-state index in [0.29, 0.717) is 5.69 Å². The summed E-state index contributed by atoms with van der Waals surface area (Å²) in [5.41, 5.74) is 2.14. The molecule has 1 amide bonds. The Hall–Kier alpha value is -3.42. The average molecular weight is 400 g/mol. The van der Waals surface area contributed by atoms with Crippen molar-refractivity contribution < 1.29 is 24.0 Å². The molecule has 0 aliphatic rings. The molecule has 0 bridgehead atoms. The van der Waals surface area contributed by atoms with Gasteiger partial charge in [0.05, 0.1) is 12.0 Å². The van der Waals surface area contributed by atoms with Gasteiger partial charge in [0.1, 0.15) is 11.3 Å². The molecule has 1 atom stereocenters. The van der Waals surface area contributed by atoms with E-state index in [1.165, 1.54) is 26.2 Å². The summed E-state index contributed by atoms with van der Waals surface area (Å²) < 4.78 is 10.3. The second kappa shape index (κ2) is 9.18.